The molecule has 6 atom stereocenters. The first kappa shape index (κ1) is 62.8. The van der Waals surface area contributed by atoms with Crippen molar-refractivity contribution in [3.8, 4) is 0 Å². The van der Waals surface area contributed by atoms with Crippen LogP contribution in [0.25, 0.3) is 0 Å². The number of allylic oxidation sites excluding steroid dienone is 8. The smallest absolute Gasteiger partial charge is 0.462 e. The fourth-order valence-electron chi connectivity index (χ4n) is 7.99. The molecule has 390 valence electrons. The van der Waals surface area contributed by atoms with Gasteiger partial charge in [0.25, 0.3) is 0 Å². The summed E-state index contributed by atoms with van der Waals surface area (Å²) in [4.78, 5) is 35.9. The third-order valence-electron chi connectivity index (χ3n) is 12.2. The summed E-state index contributed by atoms with van der Waals surface area (Å²) in [5.41, 5.74) is 0. The summed E-state index contributed by atoms with van der Waals surface area (Å²) < 4.78 is 33.7. The molecule has 13 nitrogen and oxygen atoms in total. The van der Waals surface area contributed by atoms with Crippen LogP contribution in [0.4, 0.5) is 0 Å². The van der Waals surface area contributed by atoms with Gasteiger partial charge in [0.05, 0.1) is 6.61 Å². The first-order chi connectivity index (χ1) is 32.4. The molecule has 0 radical (unpaired) electrons. The van der Waals surface area contributed by atoms with Gasteiger partial charge in [0.15, 0.2) is 6.10 Å². The lowest BCUT2D eigenvalue weighted by molar-refractivity contribution is -0.220. The quantitative estimate of drug-likeness (QED) is 0.0145. The third-order valence-corrected chi connectivity index (χ3v) is 13.2. The normalized spacial score (nSPS) is 21.5. The molecule has 6 unspecified atom stereocenters. The van der Waals surface area contributed by atoms with Gasteiger partial charge in [-0.2, -0.15) is 0 Å². The van der Waals surface area contributed by atoms with Crippen LogP contribution >= 0.6 is 7.82 Å². The number of rotatable bonds is 44. The highest BCUT2D eigenvalue weighted by molar-refractivity contribution is 7.47. The Bertz CT molecular complexity index is 1350. The highest BCUT2D eigenvalue weighted by Gasteiger charge is 2.51. The van der Waals surface area contributed by atoms with Crippen LogP contribution in [-0.2, 0) is 32.7 Å². The predicted octanol–water partition coefficient (Wildman–Crippen LogP) is 11.5. The van der Waals surface area contributed by atoms with Gasteiger partial charge in [0, 0.05) is 12.8 Å². The van der Waals surface area contributed by atoms with E-state index in [1.807, 2.05) is 0 Å². The molecule has 0 aliphatic heterocycles. The van der Waals surface area contributed by atoms with E-state index < -0.39 is 75.7 Å². The van der Waals surface area contributed by atoms with Crippen LogP contribution in [0.3, 0.4) is 0 Å². The van der Waals surface area contributed by atoms with E-state index in [-0.39, 0.29) is 12.8 Å². The van der Waals surface area contributed by atoms with Gasteiger partial charge in [-0.25, -0.2) is 4.57 Å². The van der Waals surface area contributed by atoms with E-state index in [1.165, 1.54) is 96.3 Å². The maximum absolute atomic E-state index is 12.9. The van der Waals surface area contributed by atoms with Crippen molar-refractivity contribution in [3.63, 3.8) is 0 Å². The topological polar surface area (TPSA) is 210 Å². The first-order valence-electron chi connectivity index (χ1n) is 26.4. The minimum Gasteiger partial charge on any atom is -0.462 e. The maximum atomic E-state index is 12.9. The van der Waals surface area contributed by atoms with Crippen molar-refractivity contribution < 1.29 is 63.1 Å². The molecule has 0 aromatic carbocycles. The Kier molecular flexibility index (Phi) is 40.0. The minimum absolute atomic E-state index is 0.0810. The fourth-order valence-corrected chi connectivity index (χ4v) is 8.96. The molecule has 1 rings (SSSR count). The number of phosphoric acid groups is 1. The second kappa shape index (κ2) is 42.7. The Morgan fingerprint density at radius 1 is 0.478 bits per heavy atom. The molecule has 14 heteroatoms. The SMILES string of the molecule is CC/C=C\C/C=C\C/C=C\C/C=C\CCCCCCCCC(=O)OC(COC(=O)CCCCCCCCCCCCCCCCCCCCC)COP(=O)(O)OC1C(O)C(O)C(O)C(O)C1O. The molecule has 1 fully saturated rings. The summed E-state index contributed by atoms with van der Waals surface area (Å²) in [6, 6.07) is 0. The zero-order valence-corrected chi connectivity index (χ0v) is 42.6. The zero-order valence-electron chi connectivity index (χ0n) is 41.7. The highest BCUT2D eigenvalue weighted by Crippen LogP contribution is 2.47. The van der Waals surface area contributed by atoms with Gasteiger partial charge < -0.3 is 39.9 Å². The lowest BCUT2D eigenvalue weighted by Crippen LogP contribution is -2.64. The molecule has 0 aromatic rings. The van der Waals surface area contributed by atoms with Gasteiger partial charge in [0.2, 0.25) is 0 Å². The van der Waals surface area contributed by atoms with E-state index in [0.717, 1.165) is 83.5 Å². The predicted molar refractivity (Wildman–Crippen MR) is 267 cm³/mol. The zero-order chi connectivity index (χ0) is 49.2. The molecule has 0 amide bonds. The molecule has 0 bridgehead atoms. The number of hydrogen-bond donors (Lipinski definition) is 6. The Hall–Kier alpha value is -2.19. The van der Waals surface area contributed by atoms with Crippen LogP contribution in [0.2, 0.25) is 0 Å². The van der Waals surface area contributed by atoms with Gasteiger partial charge >= 0.3 is 19.8 Å². The summed E-state index contributed by atoms with van der Waals surface area (Å²) in [6.45, 7) is 3.21. The van der Waals surface area contributed by atoms with Crippen LogP contribution in [0.1, 0.15) is 219 Å². The van der Waals surface area contributed by atoms with E-state index >= 15 is 0 Å². The minimum atomic E-state index is -5.13. The average molecular weight is 971 g/mol. The molecular weight excluding hydrogens is 876 g/mol. The second-order valence-corrected chi connectivity index (χ2v) is 19.8. The summed E-state index contributed by atoms with van der Waals surface area (Å²) in [5, 5.41) is 50.3. The third kappa shape index (κ3) is 34.7. The first-order valence-corrected chi connectivity index (χ1v) is 27.9. The van der Waals surface area contributed by atoms with Crippen molar-refractivity contribution in [2.24, 2.45) is 0 Å². The van der Waals surface area contributed by atoms with Gasteiger partial charge in [-0.3, -0.25) is 18.6 Å². The van der Waals surface area contributed by atoms with E-state index in [2.05, 4.69) is 62.5 Å². The van der Waals surface area contributed by atoms with Crippen LogP contribution in [0.5, 0.6) is 0 Å². The number of aliphatic hydroxyl groups is 5. The van der Waals surface area contributed by atoms with Crippen molar-refractivity contribution in [3.05, 3.63) is 48.6 Å². The lowest BCUT2D eigenvalue weighted by atomic mass is 9.85. The van der Waals surface area contributed by atoms with E-state index in [4.69, 9.17) is 18.5 Å². The highest BCUT2D eigenvalue weighted by atomic mass is 31.2. The van der Waals surface area contributed by atoms with E-state index in [1.54, 1.807) is 0 Å². The van der Waals surface area contributed by atoms with Gasteiger partial charge in [-0.05, 0) is 51.4 Å². The van der Waals surface area contributed by atoms with E-state index in [0.29, 0.717) is 12.8 Å². The molecule has 0 spiro atoms. The van der Waals surface area contributed by atoms with Crippen LogP contribution in [0.15, 0.2) is 48.6 Å². The van der Waals surface area contributed by atoms with E-state index in [9.17, 15) is 44.6 Å². The van der Waals surface area contributed by atoms with Crippen LogP contribution < -0.4 is 0 Å². The summed E-state index contributed by atoms with van der Waals surface area (Å²) >= 11 is 0. The molecule has 1 aliphatic carbocycles. The van der Waals surface area contributed by atoms with Crippen LogP contribution in [-0.4, -0.2) is 98.3 Å². The number of phosphoric ester groups is 1. The van der Waals surface area contributed by atoms with Crippen molar-refractivity contribution >= 4 is 19.8 Å². The van der Waals surface area contributed by atoms with Crippen molar-refractivity contribution in [2.75, 3.05) is 13.2 Å². The Balaban J connectivity index is 2.39. The summed E-state index contributed by atoms with van der Waals surface area (Å²) in [6.07, 6.45) is 38.7. The number of unbranched alkanes of at least 4 members (excludes halogenated alkanes) is 24. The summed E-state index contributed by atoms with van der Waals surface area (Å²) in [7, 11) is -5.13. The average Bonchev–Trinajstić information content (AvgIpc) is 3.31. The molecule has 6 N–H and O–H groups in total. The molecule has 67 heavy (non-hydrogen) atoms. The van der Waals surface area contributed by atoms with Crippen molar-refractivity contribution in [1.82, 2.24) is 0 Å². The monoisotopic (exact) mass is 971 g/mol. The van der Waals surface area contributed by atoms with Gasteiger partial charge in [-0.15, -0.1) is 0 Å². The number of ether oxygens (including phenoxy) is 2. The molecule has 0 aromatic heterocycles. The molecular formula is C53H95O13P. The van der Waals surface area contributed by atoms with Crippen LogP contribution in [0, 0.1) is 0 Å². The number of carbonyl (C=O) groups is 2. The molecule has 0 saturated heterocycles. The largest absolute Gasteiger partial charge is 0.472 e. The van der Waals surface area contributed by atoms with Crippen molar-refractivity contribution in [1.29, 1.82) is 0 Å². The molecule has 1 saturated carbocycles. The second-order valence-electron chi connectivity index (χ2n) is 18.4. The Labute approximate surface area is 405 Å². The van der Waals surface area contributed by atoms with Gasteiger partial charge in [0.1, 0.15) is 43.2 Å². The Morgan fingerprint density at radius 3 is 1.30 bits per heavy atom. The summed E-state index contributed by atoms with van der Waals surface area (Å²) in [5.74, 6) is -1.11. The molecule has 0 heterocycles. The number of esters is 2. The number of aliphatic hydroxyl groups excluding tert-OH is 5. The molecule has 1 aliphatic rings. The van der Waals surface area contributed by atoms with Crippen molar-refractivity contribution in [2.45, 2.75) is 262 Å². The lowest BCUT2D eigenvalue weighted by Gasteiger charge is -2.41. The maximum Gasteiger partial charge on any atom is 0.472 e. The fraction of sp³-hybridized carbons (Fsp3) is 0.811. The standard InChI is InChI=1S/C53H95O13P/c1-3-5-7-9-11-13-15-17-19-21-23-25-27-29-31-33-35-37-39-41-46(54)63-43-45(44-64-67(61,62)66-53-51(59)49(57)48(56)50(58)52(53)60)65-47(55)42-40-38-36-34-32-30-28-26-24-22-20-18-16-14-12-10-8-6-4-2/h6,8,12,14,18,20,24,26,45,48-53,56-60H,3-5,7,9-11,13,15-17,19,21-23,25,27-44H2,1-2H3,(H,61,62)/b8-6-,14-12-,20-18-,26-24-. The Morgan fingerprint density at radius 2 is 0.851 bits per heavy atom. The number of carbonyl (C=O) groups excluding carboxylic acids is 2. The number of hydrogen-bond acceptors (Lipinski definition) is 12. The van der Waals surface area contributed by atoms with Gasteiger partial charge in [-0.1, -0.05) is 204 Å².